The number of carbonyl (C=O) groups excluding carboxylic acids is 2. The van der Waals surface area contributed by atoms with Gasteiger partial charge < -0.3 is 14.2 Å². The van der Waals surface area contributed by atoms with E-state index in [0.717, 1.165) is 11.1 Å². The Kier molecular flexibility index (Phi) is 8.08. The Morgan fingerprint density at radius 1 is 0.867 bits per heavy atom. The molecule has 2 aromatic carbocycles. The lowest BCUT2D eigenvalue weighted by Crippen LogP contribution is -2.45. The number of benzene rings is 2. The molecule has 0 fully saturated rings. The first-order valence-electron chi connectivity index (χ1n) is 10.2. The lowest BCUT2D eigenvalue weighted by molar-refractivity contribution is -0.150. The molecule has 0 amide bonds. The average molecular weight is 408 g/mol. The van der Waals surface area contributed by atoms with Gasteiger partial charge in [0.05, 0.1) is 25.9 Å². The Hall–Kier alpha value is -2.60. The lowest BCUT2D eigenvalue weighted by Gasteiger charge is -2.34. The number of hydrogen-bond acceptors (Lipinski definition) is 5. The van der Waals surface area contributed by atoms with Gasteiger partial charge >= 0.3 is 0 Å². The van der Waals surface area contributed by atoms with E-state index in [1.165, 1.54) is 13.8 Å². The zero-order valence-corrected chi connectivity index (χ0v) is 17.4. The molecule has 0 N–H and O–H groups in total. The third-order valence-corrected chi connectivity index (χ3v) is 5.07. The minimum atomic E-state index is -0.812. The maximum absolute atomic E-state index is 12.0. The summed E-state index contributed by atoms with van der Waals surface area (Å²) >= 11 is 0. The first kappa shape index (κ1) is 22.1. The summed E-state index contributed by atoms with van der Waals surface area (Å²) in [4.78, 5) is 24.0. The predicted molar refractivity (Wildman–Crippen MR) is 114 cm³/mol. The Morgan fingerprint density at radius 3 is 2.00 bits per heavy atom. The number of Topliss-reactive ketones (excluding diaryl/α,β-unsaturated/α-hetero) is 2. The molecular formula is C25H28O5. The average Bonchev–Trinajstić information content (AvgIpc) is 2.74. The summed E-state index contributed by atoms with van der Waals surface area (Å²) in [5.74, 6) is -1.22. The zero-order chi connectivity index (χ0) is 21.3. The quantitative estimate of drug-likeness (QED) is 0.441. The molecule has 0 aromatic heterocycles. The van der Waals surface area contributed by atoms with Gasteiger partial charge in [-0.3, -0.25) is 9.59 Å². The standard InChI is InChI=1S/C25H28O5/c1-18(26)25(19(2)27)23-14-13-22(29-16-21-11-7-4-8-12-21)24(30-23)17-28-15-20-9-5-3-6-10-20/h3-14,22-25H,15-17H2,1-2H3/t22-,23-,24+/m0/s1. The fraction of sp³-hybridized carbons (Fsp3) is 0.360. The SMILES string of the molecule is CC(=O)C(C(C)=O)[C@@H]1C=C[C@H](OCc2ccccc2)[C@@H](COCc2ccccc2)O1. The molecule has 1 aliphatic rings. The van der Waals surface area contributed by atoms with Gasteiger partial charge in [0.1, 0.15) is 29.7 Å². The van der Waals surface area contributed by atoms with Crippen LogP contribution >= 0.6 is 0 Å². The highest BCUT2D eigenvalue weighted by Crippen LogP contribution is 2.24. The molecule has 158 valence electrons. The van der Waals surface area contributed by atoms with Gasteiger partial charge in [0.25, 0.3) is 0 Å². The van der Waals surface area contributed by atoms with Crippen LogP contribution in [0.2, 0.25) is 0 Å². The van der Waals surface area contributed by atoms with E-state index < -0.39 is 18.1 Å². The monoisotopic (exact) mass is 408 g/mol. The number of ketones is 2. The van der Waals surface area contributed by atoms with E-state index in [1.807, 2.05) is 66.7 Å². The second-order valence-electron chi connectivity index (χ2n) is 7.48. The summed E-state index contributed by atoms with van der Waals surface area (Å²) < 4.78 is 18.1. The van der Waals surface area contributed by atoms with Crippen molar-refractivity contribution < 1.29 is 23.8 Å². The molecule has 1 heterocycles. The van der Waals surface area contributed by atoms with E-state index in [2.05, 4.69) is 0 Å². The number of hydrogen-bond donors (Lipinski definition) is 0. The molecule has 30 heavy (non-hydrogen) atoms. The molecule has 0 spiro atoms. The largest absolute Gasteiger partial charge is 0.374 e. The van der Waals surface area contributed by atoms with Crippen molar-refractivity contribution in [2.75, 3.05) is 6.61 Å². The minimum absolute atomic E-state index is 0.204. The molecule has 3 rings (SSSR count). The normalized spacial score (nSPS) is 21.0. The van der Waals surface area contributed by atoms with Gasteiger partial charge in [0, 0.05) is 0 Å². The van der Waals surface area contributed by atoms with E-state index in [-0.39, 0.29) is 24.3 Å². The summed E-state index contributed by atoms with van der Waals surface area (Å²) in [7, 11) is 0. The molecule has 3 atom stereocenters. The maximum Gasteiger partial charge on any atom is 0.143 e. The Balaban J connectivity index is 1.68. The smallest absolute Gasteiger partial charge is 0.143 e. The van der Waals surface area contributed by atoms with Crippen LogP contribution in [0.4, 0.5) is 0 Å². The molecule has 1 aliphatic heterocycles. The molecule has 0 saturated carbocycles. The van der Waals surface area contributed by atoms with Crippen molar-refractivity contribution in [3.8, 4) is 0 Å². The number of carbonyl (C=O) groups is 2. The molecule has 0 saturated heterocycles. The molecule has 2 aromatic rings. The molecule has 0 bridgehead atoms. The van der Waals surface area contributed by atoms with Crippen molar-refractivity contribution in [3.05, 3.63) is 83.9 Å². The van der Waals surface area contributed by atoms with Crippen molar-refractivity contribution >= 4 is 11.6 Å². The third-order valence-electron chi connectivity index (χ3n) is 5.07. The summed E-state index contributed by atoms with van der Waals surface area (Å²) in [5, 5.41) is 0. The first-order valence-corrected chi connectivity index (χ1v) is 10.2. The maximum atomic E-state index is 12.0. The number of ether oxygens (including phenoxy) is 3. The van der Waals surface area contributed by atoms with Gasteiger partial charge in [-0.15, -0.1) is 0 Å². The van der Waals surface area contributed by atoms with E-state index in [4.69, 9.17) is 14.2 Å². The van der Waals surface area contributed by atoms with Crippen LogP contribution in [0.15, 0.2) is 72.8 Å². The van der Waals surface area contributed by atoms with Gasteiger partial charge in [-0.25, -0.2) is 0 Å². The van der Waals surface area contributed by atoms with Crippen molar-refractivity contribution in [1.82, 2.24) is 0 Å². The van der Waals surface area contributed by atoms with Crippen LogP contribution in [0.1, 0.15) is 25.0 Å². The first-order chi connectivity index (χ1) is 14.5. The van der Waals surface area contributed by atoms with Gasteiger partial charge in [-0.1, -0.05) is 72.8 Å². The Morgan fingerprint density at radius 2 is 1.43 bits per heavy atom. The number of rotatable bonds is 10. The zero-order valence-electron chi connectivity index (χ0n) is 17.4. The van der Waals surface area contributed by atoms with E-state index in [1.54, 1.807) is 6.08 Å². The van der Waals surface area contributed by atoms with Crippen molar-refractivity contribution in [3.63, 3.8) is 0 Å². The van der Waals surface area contributed by atoms with Crippen LogP contribution < -0.4 is 0 Å². The van der Waals surface area contributed by atoms with Crippen LogP contribution in [0, 0.1) is 5.92 Å². The summed E-state index contributed by atoms with van der Waals surface area (Å²) in [6.07, 6.45) is 2.27. The Bertz CT molecular complexity index is 832. The molecule has 0 aliphatic carbocycles. The van der Waals surface area contributed by atoms with Gasteiger partial charge in [0.15, 0.2) is 0 Å². The van der Waals surface area contributed by atoms with E-state index >= 15 is 0 Å². The highest BCUT2D eigenvalue weighted by molar-refractivity contribution is 6.01. The van der Waals surface area contributed by atoms with Crippen molar-refractivity contribution in [2.24, 2.45) is 5.92 Å². The van der Waals surface area contributed by atoms with E-state index in [9.17, 15) is 9.59 Å². The summed E-state index contributed by atoms with van der Waals surface area (Å²) in [6.45, 7) is 4.01. The summed E-state index contributed by atoms with van der Waals surface area (Å²) in [5.41, 5.74) is 2.12. The highest BCUT2D eigenvalue weighted by Gasteiger charge is 2.36. The topological polar surface area (TPSA) is 61.8 Å². The van der Waals surface area contributed by atoms with Crippen LogP contribution in [0.3, 0.4) is 0 Å². The molecule has 0 unspecified atom stereocenters. The predicted octanol–water partition coefficient (Wildman–Crippen LogP) is 3.91. The fourth-order valence-corrected chi connectivity index (χ4v) is 3.54. The highest BCUT2D eigenvalue weighted by atomic mass is 16.6. The van der Waals surface area contributed by atoms with Crippen LogP contribution in [-0.4, -0.2) is 36.5 Å². The van der Waals surface area contributed by atoms with Gasteiger partial charge in [-0.05, 0) is 25.0 Å². The second-order valence-corrected chi connectivity index (χ2v) is 7.48. The molecule has 5 nitrogen and oxygen atoms in total. The van der Waals surface area contributed by atoms with Gasteiger partial charge in [0.2, 0.25) is 0 Å². The third kappa shape index (κ3) is 6.20. The lowest BCUT2D eigenvalue weighted by atomic mass is 9.91. The fourth-order valence-electron chi connectivity index (χ4n) is 3.54. The summed E-state index contributed by atoms with van der Waals surface area (Å²) in [6, 6.07) is 19.8. The minimum Gasteiger partial charge on any atom is -0.374 e. The van der Waals surface area contributed by atoms with Crippen molar-refractivity contribution in [1.29, 1.82) is 0 Å². The second kappa shape index (κ2) is 11.0. The van der Waals surface area contributed by atoms with Crippen LogP contribution in [-0.2, 0) is 37.0 Å². The van der Waals surface area contributed by atoms with Crippen LogP contribution in [0.25, 0.3) is 0 Å². The molecule has 0 radical (unpaired) electrons. The van der Waals surface area contributed by atoms with Crippen molar-refractivity contribution in [2.45, 2.75) is 45.4 Å². The van der Waals surface area contributed by atoms with E-state index in [0.29, 0.717) is 13.2 Å². The Labute approximate surface area is 177 Å². The van der Waals surface area contributed by atoms with Gasteiger partial charge in [-0.2, -0.15) is 0 Å². The molecule has 5 heteroatoms. The molecular weight excluding hydrogens is 380 g/mol. The van der Waals surface area contributed by atoms with Crippen LogP contribution in [0.5, 0.6) is 0 Å².